The van der Waals surface area contributed by atoms with Gasteiger partial charge in [-0.25, -0.2) is 0 Å². The molecule has 1 saturated heterocycles. The average Bonchev–Trinajstić information content (AvgIpc) is 2.59. The molecule has 3 N–H and O–H groups in total. The summed E-state index contributed by atoms with van der Waals surface area (Å²) in [5.74, 6) is 0.353. The van der Waals surface area contributed by atoms with Crippen LogP contribution in [0.25, 0.3) is 0 Å². The smallest absolute Gasteiger partial charge is 0.253 e. The second kappa shape index (κ2) is 11.6. The highest BCUT2D eigenvalue weighted by atomic mass is 35.5. The lowest BCUT2D eigenvalue weighted by atomic mass is 10.1. The number of carbonyl (C=O) groups excluding carboxylic acids is 2. The molecule has 1 aromatic rings. The largest absolute Gasteiger partial charge is 0.350 e. The zero-order valence-corrected chi connectivity index (χ0v) is 16.6. The van der Waals surface area contributed by atoms with Crippen LogP contribution in [0.4, 0.5) is 0 Å². The van der Waals surface area contributed by atoms with Crippen molar-refractivity contribution < 1.29 is 9.59 Å². The third-order valence-corrected chi connectivity index (χ3v) is 4.97. The highest BCUT2D eigenvalue weighted by Gasteiger charge is 2.24. The average molecular weight is 406 g/mol. The number of nitrogens with one attached hydrogen (secondary N) is 3. The maximum absolute atomic E-state index is 12.6. The molecular weight excluding hydrogens is 381 g/mol. The molecule has 0 spiro atoms. The number of hydrogen-bond donors (Lipinski definition) is 3. The highest BCUT2D eigenvalue weighted by molar-refractivity contribution is 7.98. The summed E-state index contributed by atoms with van der Waals surface area (Å²) in [6, 6.07) is 6.43. The molecule has 0 aromatic heterocycles. The third kappa shape index (κ3) is 7.05. The molecule has 1 aromatic carbocycles. The van der Waals surface area contributed by atoms with Crippen LogP contribution in [-0.2, 0) is 4.79 Å². The fourth-order valence-corrected chi connectivity index (χ4v) is 3.36. The summed E-state index contributed by atoms with van der Waals surface area (Å²) in [6.07, 6.45) is 4.58. The Hall–Kier alpha value is -0.950. The molecule has 2 atom stereocenters. The molecular formula is C17H25Cl2N3O2S. The van der Waals surface area contributed by atoms with Crippen molar-refractivity contribution in [2.24, 2.45) is 0 Å². The summed E-state index contributed by atoms with van der Waals surface area (Å²) in [4.78, 5) is 25.0. The van der Waals surface area contributed by atoms with E-state index in [9.17, 15) is 9.59 Å². The van der Waals surface area contributed by atoms with E-state index in [1.807, 2.05) is 6.26 Å². The molecule has 1 aliphatic rings. The molecule has 5 nitrogen and oxygen atoms in total. The van der Waals surface area contributed by atoms with Crippen LogP contribution in [0.2, 0.25) is 5.02 Å². The predicted octanol–water partition coefficient (Wildman–Crippen LogP) is 2.48. The van der Waals surface area contributed by atoms with E-state index in [4.69, 9.17) is 11.6 Å². The van der Waals surface area contributed by atoms with Gasteiger partial charge in [-0.15, -0.1) is 12.4 Å². The van der Waals surface area contributed by atoms with Gasteiger partial charge in [-0.05, 0) is 49.9 Å². The fourth-order valence-electron chi connectivity index (χ4n) is 2.66. The Labute approximate surface area is 164 Å². The number of benzene rings is 1. The van der Waals surface area contributed by atoms with Crippen LogP contribution in [0.1, 0.15) is 29.6 Å². The molecule has 140 valence electrons. The zero-order valence-electron chi connectivity index (χ0n) is 14.2. The fraction of sp³-hybridized carbons (Fsp3) is 0.529. The summed E-state index contributed by atoms with van der Waals surface area (Å²) in [7, 11) is 0. The second-order valence-electron chi connectivity index (χ2n) is 5.84. The van der Waals surface area contributed by atoms with E-state index in [0.717, 1.165) is 31.7 Å². The SMILES string of the molecule is CSCCC(NC(=O)c1ccccc1Cl)C(=O)NC1CCCNC1.Cl. The van der Waals surface area contributed by atoms with Gasteiger partial charge in [-0.3, -0.25) is 9.59 Å². The minimum Gasteiger partial charge on any atom is -0.350 e. The normalized spacial score (nSPS) is 17.9. The Balaban J connectivity index is 0.00000312. The Morgan fingerprint density at radius 1 is 1.40 bits per heavy atom. The quantitative estimate of drug-likeness (QED) is 0.651. The van der Waals surface area contributed by atoms with Crippen LogP contribution >= 0.6 is 35.8 Å². The molecule has 2 amide bonds. The first-order chi connectivity index (χ1) is 11.6. The number of rotatable bonds is 7. The zero-order chi connectivity index (χ0) is 17.4. The molecule has 1 heterocycles. The monoisotopic (exact) mass is 405 g/mol. The maximum atomic E-state index is 12.6. The number of halogens is 2. The lowest BCUT2D eigenvalue weighted by molar-refractivity contribution is -0.123. The van der Waals surface area contributed by atoms with Crippen molar-refractivity contribution in [3.05, 3.63) is 34.9 Å². The van der Waals surface area contributed by atoms with Crippen molar-refractivity contribution in [3.63, 3.8) is 0 Å². The molecule has 0 bridgehead atoms. The van der Waals surface area contributed by atoms with Gasteiger partial charge >= 0.3 is 0 Å². The second-order valence-corrected chi connectivity index (χ2v) is 7.23. The van der Waals surface area contributed by atoms with Crippen molar-refractivity contribution in [2.75, 3.05) is 25.1 Å². The standard InChI is InChI=1S/C17H24ClN3O2S.ClH/c1-24-10-8-15(17(23)20-12-5-4-9-19-11-12)21-16(22)13-6-2-3-7-14(13)18;/h2-3,6-7,12,15,19H,4-5,8-11H2,1H3,(H,20,23)(H,21,22);1H. The topological polar surface area (TPSA) is 70.2 Å². The van der Waals surface area contributed by atoms with Crippen LogP contribution in [0, 0.1) is 0 Å². The Kier molecular flexibility index (Phi) is 10.3. The van der Waals surface area contributed by atoms with Crippen molar-refractivity contribution in [2.45, 2.75) is 31.3 Å². The lowest BCUT2D eigenvalue weighted by Crippen LogP contribution is -2.53. The third-order valence-electron chi connectivity index (χ3n) is 3.99. The Bertz CT molecular complexity index is 569. The van der Waals surface area contributed by atoms with Crippen LogP contribution in [0.15, 0.2) is 24.3 Å². The van der Waals surface area contributed by atoms with E-state index < -0.39 is 6.04 Å². The van der Waals surface area contributed by atoms with E-state index in [-0.39, 0.29) is 30.3 Å². The van der Waals surface area contributed by atoms with Crippen LogP contribution < -0.4 is 16.0 Å². The predicted molar refractivity (Wildman–Crippen MR) is 107 cm³/mol. The molecule has 0 radical (unpaired) electrons. The maximum Gasteiger partial charge on any atom is 0.253 e. The molecule has 25 heavy (non-hydrogen) atoms. The van der Waals surface area contributed by atoms with Gasteiger partial charge < -0.3 is 16.0 Å². The van der Waals surface area contributed by atoms with Crippen molar-refractivity contribution >= 4 is 47.6 Å². The first-order valence-electron chi connectivity index (χ1n) is 8.17. The number of thioether (sulfide) groups is 1. The minimum absolute atomic E-state index is 0. The van der Waals surface area contributed by atoms with Crippen molar-refractivity contribution in [3.8, 4) is 0 Å². The Morgan fingerprint density at radius 2 is 2.16 bits per heavy atom. The van der Waals surface area contributed by atoms with Gasteiger partial charge in [0.1, 0.15) is 6.04 Å². The first kappa shape index (κ1) is 22.1. The van der Waals surface area contributed by atoms with Gasteiger partial charge in [0.15, 0.2) is 0 Å². The highest BCUT2D eigenvalue weighted by Crippen LogP contribution is 2.15. The summed E-state index contributed by atoms with van der Waals surface area (Å²) in [5.41, 5.74) is 0.389. The summed E-state index contributed by atoms with van der Waals surface area (Å²) < 4.78 is 0. The van der Waals surface area contributed by atoms with Crippen molar-refractivity contribution in [1.82, 2.24) is 16.0 Å². The van der Waals surface area contributed by atoms with Gasteiger partial charge in [-0.1, -0.05) is 23.7 Å². The molecule has 0 aliphatic carbocycles. The number of amides is 2. The lowest BCUT2D eigenvalue weighted by Gasteiger charge is -2.26. The molecule has 2 rings (SSSR count). The molecule has 0 saturated carbocycles. The Morgan fingerprint density at radius 3 is 2.80 bits per heavy atom. The van der Waals surface area contributed by atoms with Crippen LogP contribution in [0.3, 0.4) is 0 Å². The minimum atomic E-state index is -0.553. The van der Waals surface area contributed by atoms with Gasteiger partial charge in [0.25, 0.3) is 5.91 Å². The summed E-state index contributed by atoms with van der Waals surface area (Å²) >= 11 is 7.72. The van der Waals surface area contributed by atoms with Gasteiger partial charge in [0.2, 0.25) is 5.91 Å². The van der Waals surface area contributed by atoms with Crippen LogP contribution in [0.5, 0.6) is 0 Å². The summed E-state index contributed by atoms with van der Waals surface area (Å²) in [6.45, 7) is 1.77. The first-order valence-corrected chi connectivity index (χ1v) is 9.94. The van der Waals surface area contributed by atoms with E-state index in [2.05, 4.69) is 16.0 Å². The van der Waals surface area contributed by atoms with Gasteiger partial charge in [-0.2, -0.15) is 11.8 Å². The van der Waals surface area contributed by atoms with Crippen molar-refractivity contribution in [1.29, 1.82) is 0 Å². The molecule has 1 fully saturated rings. The molecule has 1 aliphatic heterocycles. The van der Waals surface area contributed by atoms with E-state index in [1.54, 1.807) is 36.0 Å². The molecule has 2 unspecified atom stereocenters. The summed E-state index contributed by atoms with van der Waals surface area (Å²) in [5, 5.41) is 9.53. The van der Waals surface area contributed by atoms with E-state index >= 15 is 0 Å². The van der Waals surface area contributed by atoms with E-state index in [1.165, 1.54) is 0 Å². The number of piperidine rings is 1. The van der Waals surface area contributed by atoms with Crippen LogP contribution in [-0.4, -0.2) is 49.0 Å². The number of carbonyl (C=O) groups is 2. The number of hydrogen-bond acceptors (Lipinski definition) is 4. The molecule has 8 heteroatoms. The van der Waals surface area contributed by atoms with Gasteiger partial charge in [0, 0.05) is 12.6 Å². The van der Waals surface area contributed by atoms with E-state index in [0.29, 0.717) is 17.0 Å². The van der Waals surface area contributed by atoms with Gasteiger partial charge in [0.05, 0.1) is 10.6 Å².